The van der Waals surface area contributed by atoms with E-state index in [4.69, 9.17) is 15.2 Å². The number of aromatic nitrogens is 3. The molecule has 0 unspecified atom stereocenters. The van der Waals surface area contributed by atoms with Gasteiger partial charge >= 0.3 is 0 Å². The minimum atomic E-state index is -0.163. The van der Waals surface area contributed by atoms with Crippen LogP contribution in [0.15, 0.2) is 42.6 Å². The fraction of sp³-hybridized carbons (Fsp3) is 0.292. The molecule has 2 N–H and O–H groups in total. The molecule has 2 aromatic carbocycles. The summed E-state index contributed by atoms with van der Waals surface area (Å²) in [6.45, 7) is 0.419. The predicted octanol–water partition coefficient (Wildman–Crippen LogP) is 3.45. The van der Waals surface area contributed by atoms with E-state index in [0.717, 1.165) is 51.7 Å². The fourth-order valence-electron chi connectivity index (χ4n) is 4.38. The van der Waals surface area contributed by atoms with Crippen LogP contribution in [-0.2, 0) is 7.05 Å². The Labute approximate surface area is 184 Å². The van der Waals surface area contributed by atoms with Crippen LogP contribution >= 0.6 is 0 Å². The molecule has 3 heterocycles. The van der Waals surface area contributed by atoms with Crippen LogP contribution in [0.4, 0.5) is 5.82 Å². The van der Waals surface area contributed by atoms with Crippen LogP contribution < -0.4 is 15.2 Å². The molecule has 2 aromatic heterocycles. The average Bonchev–Trinajstić information content (AvgIpc) is 3.36. The van der Waals surface area contributed by atoms with Gasteiger partial charge < -0.3 is 20.1 Å². The number of nitrogen functional groups attached to an aromatic ring is 1. The summed E-state index contributed by atoms with van der Waals surface area (Å²) in [6.07, 6.45) is 4.25. The number of ether oxygens (including phenoxy) is 2. The lowest BCUT2D eigenvalue weighted by Gasteiger charge is -2.24. The van der Waals surface area contributed by atoms with Crippen LogP contribution in [0.5, 0.6) is 11.5 Å². The van der Waals surface area contributed by atoms with Crippen molar-refractivity contribution in [1.29, 1.82) is 0 Å². The predicted molar refractivity (Wildman–Crippen MR) is 121 cm³/mol. The maximum atomic E-state index is 13.4. The average molecular weight is 429 g/mol. The van der Waals surface area contributed by atoms with Crippen molar-refractivity contribution in [2.75, 3.05) is 19.4 Å². The molecule has 1 fully saturated rings. The standard InChI is InChI=1S/C24H23N5O3/c1-28(20-12-31-21-10-15(6-7-16(20)21)32-14-4-5-14)24(30)13-3-8-19-17(9-13)22-18(23(25)27-19)11-26-29(22)2/h3,6-11,14,20H,4-5,12H2,1-2H3,(H2,25,27)/t20-/m1/s1. The van der Waals surface area contributed by atoms with E-state index in [1.165, 1.54) is 0 Å². The quantitative estimate of drug-likeness (QED) is 0.534. The van der Waals surface area contributed by atoms with Gasteiger partial charge in [-0.2, -0.15) is 5.10 Å². The number of hydrogen-bond acceptors (Lipinski definition) is 6. The molecule has 2 aliphatic rings. The van der Waals surface area contributed by atoms with E-state index in [1.807, 2.05) is 44.4 Å². The van der Waals surface area contributed by atoms with Crippen molar-refractivity contribution in [2.45, 2.75) is 25.0 Å². The summed E-state index contributed by atoms with van der Waals surface area (Å²) in [7, 11) is 3.67. The maximum Gasteiger partial charge on any atom is 0.254 e. The lowest BCUT2D eigenvalue weighted by Crippen LogP contribution is -2.32. The molecule has 4 aromatic rings. The highest BCUT2D eigenvalue weighted by Gasteiger charge is 2.32. The van der Waals surface area contributed by atoms with Crippen LogP contribution in [0.25, 0.3) is 21.8 Å². The van der Waals surface area contributed by atoms with Crippen molar-refractivity contribution in [3.05, 3.63) is 53.7 Å². The monoisotopic (exact) mass is 429 g/mol. The highest BCUT2D eigenvalue weighted by Crippen LogP contribution is 2.40. The molecule has 1 aliphatic carbocycles. The van der Waals surface area contributed by atoms with E-state index in [2.05, 4.69) is 10.1 Å². The van der Waals surface area contributed by atoms with Crippen LogP contribution in [0.2, 0.25) is 0 Å². The zero-order chi connectivity index (χ0) is 22.0. The number of amides is 1. The molecule has 0 radical (unpaired) electrons. The summed E-state index contributed by atoms with van der Waals surface area (Å²) < 4.78 is 13.5. The van der Waals surface area contributed by atoms with Gasteiger partial charge in [-0.3, -0.25) is 9.48 Å². The molecular weight excluding hydrogens is 406 g/mol. The molecule has 8 heteroatoms. The largest absolute Gasteiger partial charge is 0.491 e. The van der Waals surface area contributed by atoms with Gasteiger partial charge in [-0.15, -0.1) is 0 Å². The molecule has 1 aliphatic heterocycles. The number of anilines is 1. The summed E-state index contributed by atoms with van der Waals surface area (Å²) in [4.78, 5) is 19.6. The molecule has 0 spiro atoms. The van der Waals surface area contributed by atoms with Gasteiger partial charge in [-0.1, -0.05) is 0 Å². The van der Waals surface area contributed by atoms with Crippen LogP contribution in [0, 0.1) is 0 Å². The smallest absolute Gasteiger partial charge is 0.254 e. The first-order valence-corrected chi connectivity index (χ1v) is 10.7. The van der Waals surface area contributed by atoms with Gasteiger partial charge in [0.1, 0.15) is 23.9 Å². The number of nitrogens with two attached hydrogens (primary N) is 1. The number of hydrogen-bond donors (Lipinski definition) is 1. The third-order valence-electron chi connectivity index (χ3n) is 6.31. The molecule has 0 bridgehead atoms. The zero-order valence-electron chi connectivity index (χ0n) is 17.9. The van der Waals surface area contributed by atoms with Crippen LogP contribution in [-0.4, -0.2) is 45.3 Å². The number of benzene rings is 2. The Morgan fingerprint density at radius 1 is 1.22 bits per heavy atom. The summed E-state index contributed by atoms with van der Waals surface area (Å²) in [5, 5.41) is 5.93. The number of fused-ring (bicyclic) bond motifs is 4. The molecule has 32 heavy (non-hydrogen) atoms. The van der Waals surface area contributed by atoms with Gasteiger partial charge in [0, 0.05) is 36.7 Å². The first kappa shape index (κ1) is 18.9. The van der Waals surface area contributed by atoms with Crippen molar-refractivity contribution < 1.29 is 14.3 Å². The molecule has 8 nitrogen and oxygen atoms in total. The highest BCUT2D eigenvalue weighted by atomic mass is 16.5. The molecule has 6 rings (SSSR count). The molecule has 1 amide bonds. The lowest BCUT2D eigenvalue weighted by molar-refractivity contribution is 0.0708. The first-order valence-electron chi connectivity index (χ1n) is 10.7. The lowest BCUT2D eigenvalue weighted by atomic mass is 10.0. The van der Waals surface area contributed by atoms with E-state index < -0.39 is 0 Å². The van der Waals surface area contributed by atoms with Gasteiger partial charge in [0.25, 0.3) is 5.91 Å². The molecule has 162 valence electrons. The number of carbonyl (C=O) groups is 1. The number of pyridine rings is 1. The maximum absolute atomic E-state index is 13.4. The van der Waals surface area contributed by atoms with Gasteiger partial charge in [0.15, 0.2) is 0 Å². The number of carbonyl (C=O) groups excluding carboxylic acids is 1. The number of rotatable bonds is 4. The van der Waals surface area contributed by atoms with E-state index >= 15 is 0 Å². The Bertz CT molecular complexity index is 1390. The first-order chi connectivity index (χ1) is 15.5. The third-order valence-corrected chi connectivity index (χ3v) is 6.31. The Balaban J connectivity index is 1.33. The molecule has 1 saturated carbocycles. The topological polar surface area (TPSA) is 95.5 Å². The SMILES string of the molecule is CN(C(=O)c1ccc2nc(N)c3cnn(C)c3c2c1)[C@@H]1COc2cc(OC3CC3)ccc21. The minimum Gasteiger partial charge on any atom is -0.491 e. The van der Waals surface area contributed by atoms with Crippen molar-refractivity contribution in [3.63, 3.8) is 0 Å². The van der Waals surface area contributed by atoms with Gasteiger partial charge in [0.2, 0.25) is 0 Å². The summed E-state index contributed by atoms with van der Waals surface area (Å²) >= 11 is 0. The Morgan fingerprint density at radius 3 is 2.88 bits per heavy atom. The summed E-state index contributed by atoms with van der Waals surface area (Å²) in [5.74, 6) is 1.95. The van der Waals surface area contributed by atoms with Crippen LogP contribution in [0.3, 0.4) is 0 Å². The van der Waals surface area contributed by atoms with Gasteiger partial charge in [0.05, 0.1) is 34.8 Å². The highest BCUT2D eigenvalue weighted by molar-refractivity contribution is 6.10. The second-order valence-corrected chi connectivity index (χ2v) is 8.52. The van der Waals surface area contributed by atoms with Gasteiger partial charge in [-0.05, 0) is 43.2 Å². The Morgan fingerprint density at radius 2 is 2.06 bits per heavy atom. The molecular formula is C24H23N5O3. The van der Waals surface area contributed by atoms with Crippen molar-refractivity contribution in [1.82, 2.24) is 19.7 Å². The van der Waals surface area contributed by atoms with E-state index in [0.29, 0.717) is 24.1 Å². The second-order valence-electron chi connectivity index (χ2n) is 8.52. The van der Waals surface area contributed by atoms with Crippen molar-refractivity contribution >= 4 is 33.5 Å². The van der Waals surface area contributed by atoms with E-state index in [-0.39, 0.29) is 11.9 Å². The Hall–Kier alpha value is -3.81. The second kappa shape index (κ2) is 6.85. The van der Waals surface area contributed by atoms with Gasteiger partial charge in [-0.25, -0.2) is 4.98 Å². The van der Waals surface area contributed by atoms with E-state index in [9.17, 15) is 4.79 Å². The zero-order valence-corrected chi connectivity index (χ0v) is 17.9. The van der Waals surface area contributed by atoms with Crippen molar-refractivity contribution in [2.24, 2.45) is 7.05 Å². The Kier molecular flexibility index (Phi) is 4.05. The summed E-state index contributed by atoms with van der Waals surface area (Å²) in [5.41, 5.74) is 9.26. The third kappa shape index (κ3) is 2.94. The number of aryl methyl sites for hydroxylation is 1. The minimum absolute atomic E-state index is 0.0844. The van der Waals surface area contributed by atoms with Crippen LogP contribution in [0.1, 0.15) is 34.8 Å². The number of nitrogens with zero attached hydrogens (tertiary/aromatic N) is 4. The normalized spacial score (nSPS) is 17.4. The number of likely N-dealkylation sites (N-methyl/N-ethyl adjacent to an activating group) is 1. The van der Waals surface area contributed by atoms with Crippen molar-refractivity contribution in [3.8, 4) is 11.5 Å². The fourth-order valence-corrected chi connectivity index (χ4v) is 4.38. The molecule has 1 atom stereocenters. The van der Waals surface area contributed by atoms with E-state index in [1.54, 1.807) is 21.8 Å². The summed E-state index contributed by atoms with van der Waals surface area (Å²) in [6, 6.07) is 11.2. The molecule has 0 saturated heterocycles.